The first-order valence-electron chi connectivity index (χ1n) is 3.46. The molecular weight excluding hydrogens is 138 g/mol. The maximum Gasteiger partial charge on any atom is 0.115 e. The highest BCUT2D eigenvalue weighted by Crippen LogP contribution is 2.02. The Morgan fingerprint density at radius 1 is 1.55 bits per heavy atom. The molecule has 0 aliphatic carbocycles. The van der Waals surface area contributed by atoms with Gasteiger partial charge >= 0.3 is 0 Å². The smallest absolute Gasteiger partial charge is 0.115 e. The Balaban J connectivity index is 3.14. The minimum atomic E-state index is 0.975. The molecule has 11 heavy (non-hydrogen) atoms. The van der Waals surface area contributed by atoms with Crippen LogP contribution in [0.2, 0.25) is 0 Å². The molecule has 0 fully saturated rings. The first-order valence-corrected chi connectivity index (χ1v) is 3.46. The van der Waals surface area contributed by atoms with Gasteiger partial charge in [0.05, 0.1) is 0 Å². The molecule has 0 radical (unpaired) electrons. The summed E-state index contributed by atoms with van der Waals surface area (Å²) in [5.74, 6) is 0. The Kier molecular flexibility index (Phi) is 2.31. The zero-order valence-electron chi connectivity index (χ0n) is 7.00. The van der Waals surface area contributed by atoms with Gasteiger partial charge in [0.25, 0.3) is 0 Å². The van der Waals surface area contributed by atoms with Gasteiger partial charge in [-0.2, -0.15) is 0 Å². The fourth-order valence-corrected chi connectivity index (χ4v) is 0.866. The molecule has 1 heterocycles. The van der Waals surface area contributed by atoms with Gasteiger partial charge in [-0.25, -0.2) is 9.97 Å². The fourth-order valence-electron chi connectivity index (χ4n) is 0.866. The standard InChI is InChI=1S/C8H11N3/c1-6(9-3)8-4-10-5-11-7(8)2/h4-5H,1-3H3. The fraction of sp³-hybridized carbons (Fsp3) is 0.375. The van der Waals surface area contributed by atoms with Crippen molar-refractivity contribution in [1.29, 1.82) is 0 Å². The van der Waals surface area contributed by atoms with Gasteiger partial charge in [0.2, 0.25) is 0 Å². The minimum Gasteiger partial charge on any atom is -0.293 e. The molecule has 0 atom stereocenters. The summed E-state index contributed by atoms with van der Waals surface area (Å²) >= 11 is 0. The van der Waals surface area contributed by atoms with Crippen molar-refractivity contribution in [2.45, 2.75) is 13.8 Å². The van der Waals surface area contributed by atoms with Crippen LogP contribution in [0.15, 0.2) is 17.5 Å². The van der Waals surface area contributed by atoms with Gasteiger partial charge in [0, 0.05) is 30.2 Å². The van der Waals surface area contributed by atoms with Crippen LogP contribution in [-0.2, 0) is 0 Å². The van der Waals surface area contributed by atoms with Crippen molar-refractivity contribution in [2.75, 3.05) is 7.05 Å². The maximum absolute atomic E-state index is 4.06. The van der Waals surface area contributed by atoms with E-state index in [2.05, 4.69) is 15.0 Å². The lowest BCUT2D eigenvalue weighted by molar-refractivity contribution is 1.09. The second-order valence-electron chi connectivity index (χ2n) is 2.33. The van der Waals surface area contributed by atoms with Gasteiger partial charge in [-0.3, -0.25) is 4.99 Å². The van der Waals surface area contributed by atoms with E-state index in [1.165, 1.54) is 0 Å². The molecule has 0 saturated carbocycles. The summed E-state index contributed by atoms with van der Waals surface area (Å²) in [4.78, 5) is 12.0. The summed E-state index contributed by atoms with van der Waals surface area (Å²) in [5.41, 5.74) is 2.97. The molecule has 1 rings (SSSR count). The van der Waals surface area contributed by atoms with Crippen LogP contribution < -0.4 is 0 Å². The second kappa shape index (κ2) is 3.23. The van der Waals surface area contributed by atoms with Gasteiger partial charge < -0.3 is 0 Å². The number of hydrogen-bond donors (Lipinski definition) is 0. The van der Waals surface area contributed by atoms with Crippen LogP contribution in [0.25, 0.3) is 0 Å². The average molecular weight is 149 g/mol. The van der Waals surface area contributed by atoms with Crippen LogP contribution in [0, 0.1) is 6.92 Å². The monoisotopic (exact) mass is 149 g/mol. The summed E-state index contributed by atoms with van der Waals surface area (Å²) < 4.78 is 0. The van der Waals surface area contributed by atoms with Gasteiger partial charge in [-0.1, -0.05) is 0 Å². The Bertz CT molecular complexity index is 278. The number of nitrogens with zero attached hydrogens (tertiary/aromatic N) is 3. The molecule has 0 amide bonds. The molecule has 58 valence electrons. The zero-order chi connectivity index (χ0) is 8.27. The lowest BCUT2D eigenvalue weighted by Crippen LogP contribution is -2.00. The molecule has 1 aromatic heterocycles. The number of aliphatic imine (C=N–C) groups is 1. The second-order valence-corrected chi connectivity index (χ2v) is 2.33. The van der Waals surface area contributed by atoms with Crippen molar-refractivity contribution in [3.63, 3.8) is 0 Å². The first-order chi connectivity index (χ1) is 5.25. The molecule has 0 unspecified atom stereocenters. The van der Waals surface area contributed by atoms with Crippen LogP contribution in [0.4, 0.5) is 0 Å². The van der Waals surface area contributed by atoms with Crippen molar-refractivity contribution >= 4 is 5.71 Å². The minimum absolute atomic E-state index is 0.975. The molecule has 0 saturated heterocycles. The molecule has 3 heteroatoms. The Hall–Kier alpha value is -1.25. The van der Waals surface area contributed by atoms with Gasteiger partial charge in [-0.05, 0) is 13.8 Å². The predicted octanol–water partition coefficient (Wildman–Crippen LogP) is 1.22. The first kappa shape index (κ1) is 7.85. The lowest BCUT2D eigenvalue weighted by Gasteiger charge is -2.00. The molecule has 0 aliphatic heterocycles. The summed E-state index contributed by atoms with van der Waals surface area (Å²) in [6.45, 7) is 3.90. The highest BCUT2D eigenvalue weighted by molar-refractivity contribution is 5.99. The summed E-state index contributed by atoms with van der Waals surface area (Å²) in [6, 6.07) is 0. The molecular formula is C8H11N3. The Morgan fingerprint density at radius 2 is 2.27 bits per heavy atom. The summed E-state index contributed by atoms with van der Waals surface area (Å²) in [5, 5.41) is 0. The topological polar surface area (TPSA) is 38.1 Å². The quantitative estimate of drug-likeness (QED) is 0.563. The van der Waals surface area contributed by atoms with E-state index in [0.717, 1.165) is 17.0 Å². The van der Waals surface area contributed by atoms with Crippen molar-refractivity contribution in [3.8, 4) is 0 Å². The van der Waals surface area contributed by atoms with E-state index in [1.807, 2.05) is 13.8 Å². The molecule has 0 bridgehead atoms. The molecule has 1 aromatic rings. The lowest BCUT2D eigenvalue weighted by atomic mass is 10.2. The van der Waals surface area contributed by atoms with E-state index < -0.39 is 0 Å². The zero-order valence-corrected chi connectivity index (χ0v) is 7.00. The number of aryl methyl sites for hydroxylation is 1. The van der Waals surface area contributed by atoms with Gasteiger partial charge in [0.15, 0.2) is 0 Å². The molecule has 3 nitrogen and oxygen atoms in total. The molecule has 0 aromatic carbocycles. The Labute approximate surface area is 66.2 Å². The van der Waals surface area contributed by atoms with Crippen molar-refractivity contribution < 1.29 is 0 Å². The van der Waals surface area contributed by atoms with E-state index in [1.54, 1.807) is 19.6 Å². The number of hydrogen-bond acceptors (Lipinski definition) is 3. The van der Waals surface area contributed by atoms with Crippen molar-refractivity contribution in [3.05, 3.63) is 23.8 Å². The highest BCUT2D eigenvalue weighted by atomic mass is 14.8. The van der Waals surface area contributed by atoms with Crippen LogP contribution in [-0.4, -0.2) is 22.7 Å². The average Bonchev–Trinajstić information content (AvgIpc) is 2.04. The van der Waals surface area contributed by atoms with Crippen LogP contribution in [0.5, 0.6) is 0 Å². The largest absolute Gasteiger partial charge is 0.293 e. The van der Waals surface area contributed by atoms with E-state index in [0.29, 0.717) is 0 Å². The van der Waals surface area contributed by atoms with Crippen LogP contribution in [0.3, 0.4) is 0 Å². The number of rotatable bonds is 1. The summed E-state index contributed by atoms with van der Waals surface area (Å²) in [6.07, 6.45) is 3.33. The maximum atomic E-state index is 4.06. The molecule has 0 spiro atoms. The summed E-state index contributed by atoms with van der Waals surface area (Å²) in [7, 11) is 1.77. The van der Waals surface area contributed by atoms with Crippen LogP contribution >= 0.6 is 0 Å². The van der Waals surface area contributed by atoms with Crippen LogP contribution in [0.1, 0.15) is 18.2 Å². The number of aromatic nitrogens is 2. The third-order valence-corrected chi connectivity index (χ3v) is 1.64. The van der Waals surface area contributed by atoms with E-state index >= 15 is 0 Å². The normalized spacial score (nSPS) is 11.7. The third-order valence-electron chi connectivity index (χ3n) is 1.64. The van der Waals surface area contributed by atoms with E-state index in [-0.39, 0.29) is 0 Å². The van der Waals surface area contributed by atoms with Gasteiger partial charge in [-0.15, -0.1) is 0 Å². The third kappa shape index (κ3) is 1.61. The SMILES string of the molecule is CN=C(C)c1cncnc1C. The Morgan fingerprint density at radius 3 is 2.82 bits per heavy atom. The molecule has 0 aliphatic rings. The predicted molar refractivity (Wildman–Crippen MR) is 44.9 cm³/mol. The van der Waals surface area contributed by atoms with Crippen molar-refractivity contribution in [2.24, 2.45) is 4.99 Å². The molecule has 0 N–H and O–H groups in total. The highest BCUT2D eigenvalue weighted by Gasteiger charge is 2.00. The van der Waals surface area contributed by atoms with Gasteiger partial charge in [0.1, 0.15) is 6.33 Å². The van der Waals surface area contributed by atoms with E-state index in [9.17, 15) is 0 Å². The van der Waals surface area contributed by atoms with E-state index in [4.69, 9.17) is 0 Å². The van der Waals surface area contributed by atoms with Crippen molar-refractivity contribution in [1.82, 2.24) is 9.97 Å².